The Balaban J connectivity index is 1.82. The van der Waals surface area contributed by atoms with E-state index in [4.69, 9.17) is 9.84 Å². The quantitative estimate of drug-likeness (QED) is 0.376. The molecule has 9 heteroatoms. The minimum absolute atomic E-state index is 0.0353. The van der Waals surface area contributed by atoms with E-state index in [9.17, 15) is 19.5 Å². The fourth-order valence-electron chi connectivity index (χ4n) is 3.16. The number of benzene rings is 2. The summed E-state index contributed by atoms with van der Waals surface area (Å²) in [6.45, 7) is 3.07. The van der Waals surface area contributed by atoms with Crippen LogP contribution in [-0.4, -0.2) is 34.7 Å². The molecule has 1 amide bonds. The Kier molecular flexibility index (Phi) is 7.11. The van der Waals surface area contributed by atoms with Crippen LogP contribution in [0.1, 0.15) is 27.7 Å². The number of hydrogen-bond donors (Lipinski definition) is 4. The maximum absolute atomic E-state index is 11.6. The van der Waals surface area contributed by atoms with Gasteiger partial charge in [-0.2, -0.15) is 0 Å². The Bertz CT molecular complexity index is 1170. The number of anilines is 2. The van der Waals surface area contributed by atoms with Gasteiger partial charge in [-0.05, 0) is 42.3 Å². The van der Waals surface area contributed by atoms with E-state index < -0.39 is 18.5 Å². The van der Waals surface area contributed by atoms with Crippen LogP contribution in [0.15, 0.2) is 48.5 Å². The third-order valence-corrected chi connectivity index (χ3v) is 5.80. The highest BCUT2D eigenvalue weighted by molar-refractivity contribution is 7.18. The number of aliphatic carboxylic acids is 1. The zero-order valence-electron chi connectivity index (χ0n) is 17.5. The predicted molar refractivity (Wildman–Crippen MR) is 123 cm³/mol. The van der Waals surface area contributed by atoms with Crippen molar-refractivity contribution in [2.45, 2.75) is 20.4 Å². The molecule has 4 N–H and O–H groups in total. The molecule has 0 aliphatic heterocycles. The van der Waals surface area contributed by atoms with Crippen molar-refractivity contribution >= 4 is 40.6 Å². The number of nitrogens with one attached hydrogen (secondary N) is 2. The van der Waals surface area contributed by atoms with Crippen molar-refractivity contribution in [1.29, 1.82) is 0 Å². The number of rotatable bonds is 9. The van der Waals surface area contributed by atoms with Gasteiger partial charge in [0.25, 0.3) is 0 Å². The molecular weight excluding hydrogens is 432 g/mol. The smallest absolute Gasteiger partial charge is 0.349 e. The first-order valence-corrected chi connectivity index (χ1v) is 10.5. The molecule has 0 fully saturated rings. The lowest BCUT2D eigenvalue weighted by Gasteiger charge is -2.10. The minimum Gasteiger partial charge on any atom is -0.480 e. The number of carboxylic acids is 2. The summed E-state index contributed by atoms with van der Waals surface area (Å²) in [6, 6.07) is 15.0. The van der Waals surface area contributed by atoms with Gasteiger partial charge in [0.1, 0.15) is 5.75 Å². The number of amides is 1. The van der Waals surface area contributed by atoms with Gasteiger partial charge >= 0.3 is 11.9 Å². The SMILES string of the molecule is CC(=O)Nc1cccc(CNc2cccc(-c3sc(C(=O)O)c(OCC(=O)O)c3C)c2)c1. The lowest BCUT2D eigenvalue weighted by Crippen LogP contribution is -2.11. The molecule has 0 spiro atoms. The lowest BCUT2D eigenvalue weighted by molar-refractivity contribution is -0.139. The maximum Gasteiger partial charge on any atom is 0.349 e. The zero-order valence-corrected chi connectivity index (χ0v) is 18.3. The molecule has 1 heterocycles. The van der Waals surface area contributed by atoms with Gasteiger partial charge in [0.2, 0.25) is 5.91 Å². The summed E-state index contributed by atoms with van der Waals surface area (Å²) in [5.74, 6) is -2.41. The van der Waals surface area contributed by atoms with Crippen molar-refractivity contribution in [2.75, 3.05) is 17.2 Å². The number of thiophene rings is 1. The van der Waals surface area contributed by atoms with Gasteiger partial charge in [-0.1, -0.05) is 24.3 Å². The molecular formula is C23H22N2O6S. The van der Waals surface area contributed by atoms with Gasteiger partial charge in [0.05, 0.1) is 0 Å². The molecule has 3 rings (SSSR count). The highest BCUT2D eigenvalue weighted by Crippen LogP contribution is 2.42. The standard InChI is InChI=1S/C23H22N2O6S/c1-13-20(31-12-19(27)28)22(23(29)30)32-21(13)16-6-4-7-17(10-16)24-11-15-5-3-8-18(9-15)25-14(2)26/h3-10,24H,11-12H2,1-2H3,(H,25,26)(H,27,28)(H,29,30). The third kappa shape index (κ3) is 5.64. The average molecular weight is 455 g/mol. The topological polar surface area (TPSA) is 125 Å². The molecule has 0 saturated heterocycles. The van der Waals surface area contributed by atoms with Crippen LogP contribution in [0.5, 0.6) is 5.75 Å². The molecule has 32 heavy (non-hydrogen) atoms. The van der Waals surface area contributed by atoms with E-state index in [0.717, 1.165) is 33.8 Å². The van der Waals surface area contributed by atoms with E-state index in [1.54, 1.807) is 6.92 Å². The molecule has 0 radical (unpaired) electrons. The Morgan fingerprint density at radius 3 is 2.44 bits per heavy atom. The van der Waals surface area contributed by atoms with Crippen molar-refractivity contribution in [3.05, 3.63) is 64.5 Å². The van der Waals surface area contributed by atoms with E-state index in [-0.39, 0.29) is 16.5 Å². The Labute approximate surface area is 188 Å². The fourth-order valence-corrected chi connectivity index (χ4v) is 4.25. The number of carbonyl (C=O) groups excluding carboxylic acids is 1. The normalized spacial score (nSPS) is 10.4. The second-order valence-corrected chi connectivity index (χ2v) is 8.04. The van der Waals surface area contributed by atoms with Gasteiger partial charge in [0, 0.05) is 35.3 Å². The first-order chi connectivity index (χ1) is 15.2. The van der Waals surface area contributed by atoms with E-state index in [1.165, 1.54) is 6.92 Å². The van der Waals surface area contributed by atoms with Crippen LogP contribution < -0.4 is 15.4 Å². The van der Waals surface area contributed by atoms with Crippen molar-refractivity contribution in [2.24, 2.45) is 0 Å². The summed E-state index contributed by atoms with van der Waals surface area (Å²) >= 11 is 1.04. The van der Waals surface area contributed by atoms with Crippen molar-refractivity contribution in [3.8, 4) is 16.2 Å². The second kappa shape index (κ2) is 9.97. The van der Waals surface area contributed by atoms with Gasteiger partial charge in [-0.15, -0.1) is 11.3 Å². The Hall–Kier alpha value is -3.85. The van der Waals surface area contributed by atoms with E-state index in [0.29, 0.717) is 17.0 Å². The number of hydrogen-bond acceptors (Lipinski definition) is 6. The largest absolute Gasteiger partial charge is 0.480 e. The van der Waals surface area contributed by atoms with Crippen LogP contribution in [0.4, 0.5) is 11.4 Å². The first kappa shape index (κ1) is 22.8. The third-order valence-electron chi connectivity index (χ3n) is 4.49. The summed E-state index contributed by atoms with van der Waals surface area (Å²) in [6.07, 6.45) is 0. The van der Waals surface area contributed by atoms with E-state index in [1.807, 2.05) is 48.5 Å². The molecule has 0 unspecified atom stereocenters. The van der Waals surface area contributed by atoms with Crippen LogP contribution in [0.2, 0.25) is 0 Å². The van der Waals surface area contributed by atoms with Gasteiger partial charge < -0.3 is 25.6 Å². The second-order valence-electron chi connectivity index (χ2n) is 7.02. The minimum atomic E-state index is -1.18. The van der Waals surface area contributed by atoms with Gasteiger partial charge in [-0.25, -0.2) is 9.59 Å². The molecule has 0 bridgehead atoms. The molecule has 166 valence electrons. The molecule has 3 aromatic rings. The number of carboxylic acid groups (broad SMARTS) is 2. The van der Waals surface area contributed by atoms with Crippen LogP contribution in [0, 0.1) is 6.92 Å². The van der Waals surface area contributed by atoms with Crippen LogP contribution in [0.25, 0.3) is 10.4 Å². The zero-order chi connectivity index (χ0) is 23.3. The fraction of sp³-hybridized carbons (Fsp3) is 0.174. The van der Waals surface area contributed by atoms with Gasteiger partial charge in [0.15, 0.2) is 11.5 Å². The molecule has 0 aliphatic rings. The highest BCUT2D eigenvalue weighted by Gasteiger charge is 2.23. The Morgan fingerprint density at radius 1 is 1.03 bits per heavy atom. The molecule has 2 aromatic carbocycles. The number of aromatic carboxylic acids is 1. The lowest BCUT2D eigenvalue weighted by atomic mass is 10.1. The summed E-state index contributed by atoms with van der Waals surface area (Å²) in [5.41, 5.74) is 3.89. The number of carbonyl (C=O) groups is 3. The van der Waals surface area contributed by atoms with Crippen molar-refractivity contribution in [3.63, 3.8) is 0 Å². The van der Waals surface area contributed by atoms with Crippen molar-refractivity contribution in [1.82, 2.24) is 0 Å². The number of ether oxygens (including phenoxy) is 1. The molecule has 0 aliphatic carbocycles. The van der Waals surface area contributed by atoms with Gasteiger partial charge in [-0.3, -0.25) is 4.79 Å². The highest BCUT2D eigenvalue weighted by atomic mass is 32.1. The summed E-state index contributed by atoms with van der Waals surface area (Å²) < 4.78 is 5.25. The van der Waals surface area contributed by atoms with E-state index >= 15 is 0 Å². The molecule has 1 aromatic heterocycles. The monoisotopic (exact) mass is 454 g/mol. The first-order valence-electron chi connectivity index (χ1n) is 9.66. The summed E-state index contributed by atoms with van der Waals surface area (Å²) in [4.78, 5) is 34.4. The predicted octanol–water partition coefficient (Wildman–Crippen LogP) is 4.46. The molecule has 0 atom stereocenters. The van der Waals surface area contributed by atoms with Crippen LogP contribution in [0.3, 0.4) is 0 Å². The summed E-state index contributed by atoms with van der Waals surface area (Å²) in [5, 5.41) is 24.4. The van der Waals surface area contributed by atoms with E-state index in [2.05, 4.69) is 10.6 Å². The molecule has 0 saturated carbocycles. The maximum atomic E-state index is 11.6. The van der Waals surface area contributed by atoms with Crippen molar-refractivity contribution < 1.29 is 29.3 Å². The average Bonchev–Trinajstić information content (AvgIpc) is 3.07. The van der Waals surface area contributed by atoms with Crippen LogP contribution >= 0.6 is 11.3 Å². The van der Waals surface area contributed by atoms with Crippen LogP contribution in [-0.2, 0) is 16.1 Å². The molecule has 8 nitrogen and oxygen atoms in total. The summed E-state index contributed by atoms with van der Waals surface area (Å²) in [7, 11) is 0. The Morgan fingerprint density at radius 2 is 1.75 bits per heavy atom.